The minimum absolute atomic E-state index is 0.0564. The molecule has 0 aliphatic carbocycles. The number of hydrogen-bond donors (Lipinski definition) is 2. The number of carboxylic acids is 2. The SMILES string of the molecule is COc1cccc(C=Cc2ccc(C(=O)O)cc2C(=O)O)c1. The third-order valence-corrected chi connectivity index (χ3v) is 3.08. The van der Waals surface area contributed by atoms with Gasteiger partial charge >= 0.3 is 11.9 Å². The Kier molecular flexibility index (Phi) is 4.58. The molecule has 0 bridgehead atoms. The van der Waals surface area contributed by atoms with Crippen LogP contribution < -0.4 is 4.74 Å². The first-order valence-corrected chi connectivity index (χ1v) is 6.44. The van der Waals surface area contributed by atoms with Crippen LogP contribution in [0.3, 0.4) is 0 Å². The van der Waals surface area contributed by atoms with E-state index in [0.29, 0.717) is 11.3 Å². The lowest BCUT2D eigenvalue weighted by Crippen LogP contribution is -2.04. The van der Waals surface area contributed by atoms with Gasteiger partial charge in [0.05, 0.1) is 18.2 Å². The lowest BCUT2D eigenvalue weighted by atomic mass is 10.0. The van der Waals surface area contributed by atoms with Gasteiger partial charge < -0.3 is 14.9 Å². The summed E-state index contributed by atoms with van der Waals surface area (Å²) in [6, 6.07) is 11.3. The largest absolute Gasteiger partial charge is 0.497 e. The Labute approximate surface area is 127 Å². The predicted octanol–water partition coefficient (Wildman–Crippen LogP) is 3.26. The maximum atomic E-state index is 11.3. The van der Waals surface area contributed by atoms with Gasteiger partial charge in [0, 0.05) is 0 Å². The van der Waals surface area contributed by atoms with Gasteiger partial charge in [-0.05, 0) is 35.4 Å². The molecule has 0 unspecified atom stereocenters. The molecular formula is C17H14O5. The normalized spacial score (nSPS) is 10.6. The van der Waals surface area contributed by atoms with E-state index in [4.69, 9.17) is 9.84 Å². The van der Waals surface area contributed by atoms with Crippen LogP contribution >= 0.6 is 0 Å². The second kappa shape index (κ2) is 6.58. The van der Waals surface area contributed by atoms with E-state index in [1.807, 2.05) is 24.3 Å². The highest BCUT2D eigenvalue weighted by Crippen LogP contribution is 2.18. The van der Waals surface area contributed by atoms with Crippen LogP contribution in [-0.4, -0.2) is 29.3 Å². The zero-order valence-corrected chi connectivity index (χ0v) is 11.8. The summed E-state index contributed by atoms with van der Waals surface area (Å²) in [7, 11) is 1.57. The summed E-state index contributed by atoms with van der Waals surface area (Å²) in [4.78, 5) is 22.2. The van der Waals surface area contributed by atoms with Crippen molar-refractivity contribution in [2.24, 2.45) is 0 Å². The molecule has 0 spiro atoms. The van der Waals surface area contributed by atoms with Crippen LogP contribution in [0.1, 0.15) is 31.8 Å². The Balaban J connectivity index is 2.37. The Hall–Kier alpha value is -3.08. The lowest BCUT2D eigenvalue weighted by Gasteiger charge is -2.04. The van der Waals surface area contributed by atoms with Crippen molar-refractivity contribution in [1.29, 1.82) is 0 Å². The third kappa shape index (κ3) is 3.52. The van der Waals surface area contributed by atoms with Gasteiger partial charge in [0.1, 0.15) is 5.75 Å². The van der Waals surface area contributed by atoms with E-state index in [9.17, 15) is 14.7 Å². The number of aromatic carboxylic acids is 2. The maximum absolute atomic E-state index is 11.3. The van der Waals surface area contributed by atoms with Crippen molar-refractivity contribution in [1.82, 2.24) is 0 Å². The second-order valence-corrected chi connectivity index (χ2v) is 4.52. The monoisotopic (exact) mass is 298 g/mol. The van der Waals surface area contributed by atoms with Gasteiger partial charge in [-0.1, -0.05) is 30.4 Å². The summed E-state index contributed by atoms with van der Waals surface area (Å²) in [6.45, 7) is 0. The molecule has 0 atom stereocenters. The number of carboxylic acid groups (broad SMARTS) is 2. The standard InChI is InChI=1S/C17H14O5/c1-22-14-4-2-3-11(9-14)5-6-12-7-8-13(16(18)19)10-15(12)17(20)21/h2-10H,1H3,(H,18,19)(H,20,21). The van der Waals surface area contributed by atoms with Crippen molar-refractivity contribution in [2.75, 3.05) is 7.11 Å². The molecule has 0 saturated carbocycles. The molecule has 0 aromatic heterocycles. The molecule has 0 aliphatic rings. The molecule has 2 aromatic rings. The highest BCUT2D eigenvalue weighted by atomic mass is 16.5. The van der Waals surface area contributed by atoms with Gasteiger partial charge in [-0.15, -0.1) is 0 Å². The summed E-state index contributed by atoms with van der Waals surface area (Å²) in [5.74, 6) is -1.64. The molecule has 0 fully saturated rings. The molecule has 22 heavy (non-hydrogen) atoms. The van der Waals surface area contributed by atoms with E-state index < -0.39 is 11.9 Å². The predicted molar refractivity (Wildman–Crippen MR) is 82.3 cm³/mol. The average Bonchev–Trinajstić information content (AvgIpc) is 2.52. The van der Waals surface area contributed by atoms with Crippen LogP contribution in [0.15, 0.2) is 42.5 Å². The lowest BCUT2D eigenvalue weighted by molar-refractivity contribution is 0.0695. The minimum Gasteiger partial charge on any atom is -0.497 e. The van der Waals surface area contributed by atoms with Gasteiger partial charge in [-0.2, -0.15) is 0 Å². The number of hydrogen-bond acceptors (Lipinski definition) is 3. The number of rotatable bonds is 5. The topological polar surface area (TPSA) is 83.8 Å². The first-order valence-electron chi connectivity index (χ1n) is 6.44. The van der Waals surface area contributed by atoms with Crippen molar-refractivity contribution in [3.63, 3.8) is 0 Å². The van der Waals surface area contributed by atoms with Crippen LogP contribution in [0.5, 0.6) is 5.75 Å². The van der Waals surface area contributed by atoms with E-state index in [1.54, 1.807) is 19.3 Å². The zero-order valence-electron chi connectivity index (χ0n) is 11.8. The highest BCUT2D eigenvalue weighted by Gasteiger charge is 2.12. The van der Waals surface area contributed by atoms with Crippen molar-refractivity contribution < 1.29 is 24.5 Å². The number of ether oxygens (including phenoxy) is 1. The summed E-state index contributed by atoms with van der Waals surface area (Å²) < 4.78 is 5.12. The molecule has 5 nitrogen and oxygen atoms in total. The van der Waals surface area contributed by atoms with Crippen LogP contribution in [-0.2, 0) is 0 Å². The molecule has 2 N–H and O–H groups in total. The Morgan fingerprint density at radius 2 is 1.77 bits per heavy atom. The van der Waals surface area contributed by atoms with E-state index in [-0.39, 0.29) is 11.1 Å². The number of benzene rings is 2. The smallest absolute Gasteiger partial charge is 0.336 e. The minimum atomic E-state index is -1.17. The van der Waals surface area contributed by atoms with E-state index in [0.717, 1.165) is 11.6 Å². The van der Waals surface area contributed by atoms with Crippen molar-refractivity contribution in [3.05, 3.63) is 64.7 Å². The molecule has 112 valence electrons. The highest BCUT2D eigenvalue weighted by molar-refractivity contribution is 5.97. The number of methoxy groups -OCH3 is 1. The number of carbonyl (C=O) groups is 2. The van der Waals surface area contributed by atoms with Gasteiger partial charge in [-0.25, -0.2) is 9.59 Å². The van der Waals surface area contributed by atoms with Crippen molar-refractivity contribution >= 4 is 24.1 Å². The first kappa shape index (κ1) is 15.3. The van der Waals surface area contributed by atoms with Crippen LogP contribution in [0.2, 0.25) is 0 Å². The molecule has 0 heterocycles. The summed E-state index contributed by atoms with van der Waals surface area (Å²) in [6.07, 6.45) is 3.37. The third-order valence-electron chi connectivity index (χ3n) is 3.08. The first-order chi connectivity index (χ1) is 10.5. The molecule has 2 rings (SSSR count). The molecule has 2 aromatic carbocycles. The Bertz CT molecular complexity index is 746. The van der Waals surface area contributed by atoms with Crippen molar-refractivity contribution in [3.8, 4) is 5.75 Å². The fourth-order valence-electron chi connectivity index (χ4n) is 1.95. The second-order valence-electron chi connectivity index (χ2n) is 4.52. The summed E-state index contributed by atoms with van der Waals surface area (Å²) in [5, 5.41) is 18.1. The molecular weight excluding hydrogens is 284 g/mol. The van der Waals surface area contributed by atoms with Crippen LogP contribution in [0.25, 0.3) is 12.2 Å². The van der Waals surface area contributed by atoms with Crippen molar-refractivity contribution in [2.45, 2.75) is 0 Å². The maximum Gasteiger partial charge on any atom is 0.336 e. The van der Waals surface area contributed by atoms with Gasteiger partial charge in [0.2, 0.25) is 0 Å². The fourth-order valence-corrected chi connectivity index (χ4v) is 1.95. The molecule has 0 aliphatic heterocycles. The fraction of sp³-hybridized carbons (Fsp3) is 0.0588. The van der Waals surface area contributed by atoms with E-state index in [1.165, 1.54) is 12.1 Å². The molecule has 0 radical (unpaired) electrons. The molecule has 0 saturated heterocycles. The average molecular weight is 298 g/mol. The van der Waals surface area contributed by atoms with E-state index >= 15 is 0 Å². The summed E-state index contributed by atoms with van der Waals surface area (Å²) in [5.41, 5.74) is 1.16. The van der Waals surface area contributed by atoms with E-state index in [2.05, 4.69) is 0 Å². The van der Waals surface area contributed by atoms with Crippen LogP contribution in [0, 0.1) is 0 Å². The van der Waals surface area contributed by atoms with Crippen LogP contribution in [0.4, 0.5) is 0 Å². The molecule has 0 amide bonds. The summed E-state index contributed by atoms with van der Waals surface area (Å²) >= 11 is 0. The van der Waals surface area contributed by atoms with Gasteiger partial charge in [-0.3, -0.25) is 0 Å². The zero-order chi connectivity index (χ0) is 16.1. The van der Waals surface area contributed by atoms with Gasteiger partial charge in [0.25, 0.3) is 0 Å². The molecule has 5 heteroatoms. The Morgan fingerprint density at radius 1 is 1.00 bits per heavy atom. The van der Waals surface area contributed by atoms with Gasteiger partial charge in [0.15, 0.2) is 0 Å². The quantitative estimate of drug-likeness (QED) is 0.828. The Morgan fingerprint density at radius 3 is 2.41 bits per heavy atom.